The summed E-state index contributed by atoms with van der Waals surface area (Å²) in [4.78, 5) is 2.36. The van der Waals surface area contributed by atoms with E-state index < -0.39 is 0 Å². The second kappa shape index (κ2) is 11.1. The summed E-state index contributed by atoms with van der Waals surface area (Å²) in [5.41, 5.74) is 10.0. The Morgan fingerprint density at radius 2 is 1.06 bits per heavy atom. The Morgan fingerprint density at radius 3 is 1.45 bits per heavy atom. The molecule has 0 radical (unpaired) electrons. The third-order valence-electron chi connectivity index (χ3n) is 5.46. The van der Waals surface area contributed by atoms with Gasteiger partial charge in [0, 0.05) is 24.8 Å². The van der Waals surface area contributed by atoms with Crippen LogP contribution < -0.4 is 10.6 Å². The van der Waals surface area contributed by atoms with Crippen molar-refractivity contribution in [2.75, 3.05) is 31.2 Å². The minimum absolute atomic E-state index is 0.199. The van der Waals surface area contributed by atoms with Gasteiger partial charge >= 0.3 is 0 Å². The van der Waals surface area contributed by atoms with Crippen molar-refractivity contribution in [1.82, 2.24) is 0 Å². The second-order valence-corrected chi connectivity index (χ2v) is 8.29. The van der Waals surface area contributed by atoms with Crippen molar-refractivity contribution in [1.29, 1.82) is 0 Å². The molecular formula is C27H32N2O2. The Labute approximate surface area is 185 Å². The minimum Gasteiger partial charge on any atom is -0.371 e. The number of benzene rings is 3. The number of nitrogens with two attached hydrogens (primary N) is 1. The molecule has 162 valence electrons. The molecule has 4 nitrogen and oxygen atoms in total. The van der Waals surface area contributed by atoms with E-state index in [1.807, 2.05) is 18.2 Å². The highest BCUT2D eigenvalue weighted by Crippen LogP contribution is 2.21. The Morgan fingerprint density at radius 1 is 0.677 bits per heavy atom. The highest BCUT2D eigenvalue weighted by atomic mass is 16.6. The average Bonchev–Trinajstić information content (AvgIpc) is 3.73. The second-order valence-electron chi connectivity index (χ2n) is 8.29. The maximum absolute atomic E-state index is 6.14. The number of rotatable bonds is 9. The predicted molar refractivity (Wildman–Crippen MR) is 126 cm³/mol. The van der Waals surface area contributed by atoms with E-state index >= 15 is 0 Å². The summed E-state index contributed by atoms with van der Waals surface area (Å²) in [5.74, 6) is 0. The van der Waals surface area contributed by atoms with Crippen molar-refractivity contribution in [3.63, 3.8) is 0 Å². The predicted octanol–water partition coefficient (Wildman–Crippen LogP) is 4.09. The average molecular weight is 417 g/mol. The maximum atomic E-state index is 6.14. The summed E-state index contributed by atoms with van der Waals surface area (Å²) >= 11 is 0. The zero-order chi connectivity index (χ0) is 21.3. The van der Waals surface area contributed by atoms with Crippen molar-refractivity contribution in [2.45, 2.75) is 31.1 Å². The molecule has 2 aliphatic rings. The highest BCUT2D eigenvalue weighted by Gasteiger charge is 2.30. The van der Waals surface area contributed by atoms with Gasteiger partial charge < -0.3 is 20.1 Å². The van der Waals surface area contributed by atoms with Gasteiger partial charge in [0.15, 0.2) is 0 Å². The Kier molecular flexibility index (Phi) is 7.72. The number of epoxide rings is 2. The summed E-state index contributed by atoms with van der Waals surface area (Å²) in [5, 5.41) is 0. The van der Waals surface area contributed by atoms with Crippen LogP contribution in [-0.2, 0) is 22.3 Å². The topological polar surface area (TPSA) is 54.3 Å². The van der Waals surface area contributed by atoms with Gasteiger partial charge in [-0.25, -0.2) is 0 Å². The molecule has 31 heavy (non-hydrogen) atoms. The third-order valence-corrected chi connectivity index (χ3v) is 5.46. The summed E-state index contributed by atoms with van der Waals surface area (Å²) in [6, 6.07) is 31.5. The number of para-hydroxylation sites is 1. The lowest BCUT2D eigenvalue weighted by Crippen LogP contribution is -2.31. The van der Waals surface area contributed by atoms with E-state index in [1.165, 1.54) is 16.8 Å². The molecule has 3 aromatic rings. The van der Waals surface area contributed by atoms with Gasteiger partial charge in [0.05, 0.1) is 25.4 Å². The quantitative estimate of drug-likeness (QED) is 0.534. The zero-order valence-corrected chi connectivity index (χ0v) is 18.0. The van der Waals surface area contributed by atoms with Gasteiger partial charge in [-0.1, -0.05) is 78.9 Å². The van der Waals surface area contributed by atoms with E-state index in [1.54, 1.807) is 0 Å². The number of hydrogen-bond donors (Lipinski definition) is 1. The van der Waals surface area contributed by atoms with Crippen molar-refractivity contribution in [3.8, 4) is 0 Å². The fourth-order valence-corrected chi connectivity index (χ4v) is 3.67. The number of anilines is 1. The van der Waals surface area contributed by atoms with E-state index in [0.717, 1.165) is 39.1 Å². The van der Waals surface area contributed by atoms with Crippen LogP contribution in [0, 0.1) is 0 Å². The van der Waals surface area contributed by atoms with Crippen molar-refractivity contribution in [3.05, 3.63) is 102 Å². The van der Waals surface area contributed by atoms with Crippen LogP contribution >= 0.6 is 0 Å². The van der Waals surface area contributed by atoms with Crippen LogP contribution in [0.15, 0.2) is 91.0 Å². The van der Waals surface area contributed by atoms with Gasteiger partial charge in [-0.2, -0.15) is 0 Å². The van der Waals surface area contributed by atoms with E-state index in [9.17, 15) is 0 Å². The van der Waals surface area contributed by atoms with Gasteiger partial charge in [-0.05, 0) is 36.1 Å². The lowest BCUT2D eigenvalue weighted by atomic mass is 10.00. The SMILES string of the molecule is NC(Cc1ccccc1)Cc1ccccc1.c1ccc(N(CC2CO2)CC2CO2)cc1. The Bertz CT molecular complexity index is 825. The van der Waals surface area contributed by atoms with E-state index in [-0.39, 0.29) is 6.04 Å². The van der Waals surface area contributed by atoms with Crippen LogP contribution in [0.2, 0.25) is 0 Å². The van der Waals surface area contributed by atoms with Crippen molar-refractivity contribution < 1.29 is 9.47 Å². The summed E-state index contributed by atoms with van der Waals surface area (Å²) in [6.07, 6.45) is 2.75. The van der Waals surface area contributed by atoms with E-state index in [2.05, 4.69) is 77.7 Å². The van der Waals surface area contributed by atoms with Crippen LogP contribution in [-0.4, -0.2) is 44.6 Å². The summed E-state index contributed by atoms with van der Waals surface area (Å²) < 4.78 is 10.6. The first-order chi connectivity index (χ1) is 15.3. The van der Waals surface area contributed by atoms with Crippen LogP contribution in [0.3, 0.4) is 0 Å². The van der Waals surface area contributed by atoms with Crippen LogP contribution in [0.1, 0.15) is 11.1 Å². The van der Waals surface area contributed by atoms with Gasteiger partial charge in [0.2, 0.25) is 0 Å². The van der Waals surface area contributed by atoms with E-state index in [0.29, 0.717) is 12.2 Å². The molecule has 2 fully saturated rings. The molecular weight excluding hydrogens is 384 g/mol. The normalized spacial score (nSPS) is 18.8. The molecule has 5 rings (SSSR count). The number of hydrogen-bond acceptors (Lipinski definition) is 4. The fraction of sp³-hybridized carbons (Fsp3) is 0.333. The fourth-order valence-electron chi connectivity index (χ4n) is 3.67. The molecule has 2 aliphatic heterocycles. The van der Waals surface area contributed by atoms with Crippen molar-refractivity contribution >= 4 is 5.69 Å². The van der Waals surface area contributed by atoms with Gasteiger partial charge in [0.25, 0.3) is 0 Å². The molecule has 2 saturated heterocycles. The molecule has 2 heterocycles. The number of ether oxygens (including phenoxy) is 2. The standard InChI is InChI=1S/C15H17N.C12H15NO2/c16-15(11-13-7-3-1-4-8-13)12-14-9-5-2-6-10-14;1-2-4-10(5-3-1)13(6-11-8-14-11)7-12-9-15-12/h1-10,15H,11-12,16H2;1-5,11-12H,6-9H2. The van der Waals surface area contributed by atoms with Crippen LogP contribution in [0.4, 0.5) is 5.69 Å². The molecule has 0 saturated carbocycles. The molecule has 0 amide bonds. The first kappa shape index (κ1) is 21.6. The van der Waals surface area contributed by atoms with Gasteiger partial charge in [-0.3, -0.25) is 0 Å². The zero-order valence-electron chi connectivity index (χ0n) is 18.0. The van der Waals surface area contributed by atoms with Crippen molar-refractivity contribution in [2.24, 2.45) is 5.73 Å². The first-order valence-electron chi connectivity index (χ1n) is 11.1. The molecule has 0 aromatic heterocycles. The maximum Gasteiger partial charge on any atom is 0.0984 e. The molecule has 2 N–H and O–H groups in total. The lowest BCUT2D eigenvalue weighted by molar-refractivity contribution is 0.389. The first-order valence-corrected chi connectivity index (χ1v) is 11.1. The third kappa shape index (κ3) is 7.83. The lowest BCUT2D eigenvalue weighted by Gasteiger charge is -2.23. The minimum atomic E-state index is 0.199. The molecule has 0 bridgehead atoms. The summed E-state index contributed by atoms with van der Waals surface area (Å²) in [6.45, 7) is 3.80. The van der Waals surface area contributed by atoms with Gasteiger partial charge in [-0.15, -0.1) is 0 Å². The Balaban J connectivity index is 0.000000149. The number of nitrogens with zero attached hydrogens (tertiary/aromatic N) is 1. The molecule has 3 aromatic carbocycles. The smallest absolute Gasteiger partial charge is 0.0984 e. The molecule has 0 spiro atoms. The molecule has 4 heteroatoms. The Hall–Kier alpha value is -2.66. The monoisotopic (exact) mass is 416 g/mol. The molecule has 0 aliphatic carbocycles. The van der Waals surface area contributed by atoms with Gasteiger partial charge in [0.1, 0.15) is 0 Å². The molecule has 2 atom stereocenters. The molecule has 2 unspecified atom stereocenters. The van der Waals surface area contributed by atoms with Crippen LogP contribution in [0.5, 0.6) is 0 Å². The highest BCUT2D eigenvalue weighted by molar-refractivity contribution is 5.46. The summed E-state index contributed by atoms with van der Waals surface area (Å²) in [7, 11) is 0. The largest absolute Gasteiger partial charge is 0.371 e. The van der Waals surface area contributed by atoms with E-state index in [4.69, 9.17) is 15.2 Å². The van der Waals surface area contributed by atoms with Crippen LogP contribution in [0.25, 0.3) is 0 Å².